The summed E-state index contributed by atoms with van der Waals surface area (Å²) < 4.78 is 6.89. The van der Waals surface area contributed by atoms with E-state index in [2.05, 4.69) is 21.7 Å². The summed E-state index contributed by atoms with van der Waals surface area (Å²) >= 11 is 0. The number of nitrogens with zero attached hydrogens (tertiary/aromatic N) is 3. The molecule has 0 bridgehead atoms. The molecule has 0 saturated carbocycles. The minimum absolute atomic E-state index is 0.353. The lowest BCUT2D eigenvalue weighted by molar-refractivity contribution is 0.0601. The highest BCUT2D eigenvalue weighted by molar-refractivity contribution is 5.89. The number of esters is 1. The monoisotopic (exact) mass is 369 g/mol. The van der Waals surface area contributed by atoms with Gasteiger partial charge in [0.1, 0.15) is 5.82 Å². The first-order valence-corrected chi connectivity index (χ1v) is 8.93. The zero-order valence-electron chi connectivity index (χ0n) is 15.7. The van der Waals surface area contributed by atoms with Crippen molar-refractivity contribution >= 4 is 5.97 Å². The Morgan fingerprint density at radius 3 is 2.21 bits per heavy atom. The lowest BCUT2D eigenvalue weighted by Gasteiger charge is -2.12. The van der Waals surface area contributed by atoms with Gasteiger partial charge in [-0.05, 0) is 43.3 Å². The molecular formula is C23H19N3O2. The minimum Gasteiger partial charge on any atom is -0.465 e. The fourth-order valence-corrected chi connectivity index (χ4v) is 3.29. The van der Waals surface area contributed by atoms with Crippen LogP contribution in [-0.4, -0.2) is 27.6 Å². The molecule has 5 nitrogen and oxygen atoms in total. The van der Waals surface area contributed by atoms with Crippen LogP contribution in [0.3, 0.4) is 0 Å². The Balaban J connectivity index is 1.93. The van der Waals surface area contributed by atoms with Gasteiger partial charge in [-0.2, -0.15) is 0 Å². The average Bonchev–Trinajstić information content (AvgIpc) is 3.11. The number of aromatic nitrogens is 3. The lowest BCUT2D eigenvalue weighted by atomic mass is 10.1. The van der Waals surface area contributed by atoms with Crippen LogP contribution in [0.1, 0.15) is 16.2 Å². The summed E-state index contributed by atoms with van der Waals surface area (Å²) in [6.45, 7) is 1.98. The van der Waals surface area contributed by atoms with Crippen molar-refractivity contribution in [2.45, 2.75) is 6.92 Å². The molecule has 0 aliphatic carbocycles. The summed E-state index contributed by atoms with van der Waals surface area (Å²) in [5.41, 5.74) is 5.39. The second-order valence-electron chi connectivity index (χ2n) is 6.33. The second-order valence-corrected chi connectivity index (χ2v) is 6.33. The molecule has 28 heavy (non-hydrogen) atoms. The number of rotatable bonds is 4. The maximum atomic E-state index is 11.8. The van der Waals surface area contributed by atoms with Gasteiger partial charge in [0.2, 0.25) is 0 Å². The number of pyridine rings is 1. The van der Waals surface area contributed by atoms with E-state index in [0.29, 0.717) is 5.56 Å². The summed E-state index contributed by atoms with van der Waals surface area (Å²) in [4.78, 5) is 20.8. The predicted octanol–water partition coefficient (Wildman–Crippen LogP) is 4.70. The summed E-state index contributed by atoms with van der Waals surface area (Å²) in [7, 11) is 1.38. The van der Waals surface area contributed by atoms with Crippen LogP contribution < -0.4 is 0 Å². The van der Waals surface area contributed by atoms with Crippen LogP contribution in [0, 0.1) is 6.92 Å². The molecule has 0 unspecified atom stereocenters. The van der Waals surface area contributed by atoms with E-state index >= 15 is 0 Å². The van der Waals surface area contributed by atoms with Gasteiger partial charge in [0, 0.05) is 29.2 Å². The number of imidazole rings is 1. The van der Waals surface area contributed by atoms with Crippen LogP contribution in [0.4, 0.5) is 0 Å². The molecule has 0 spiro atoms. The number of hydrogen-bond donors (Lipinski definition) is 0. The predicted molar refractivity (Wildman–Crippen MR) is 108 cm³/mol. The smallest absolute Gasteiger partial charge is 0.337 e. The first kappa shape index (κ1) is 17.7. The van der Waals surface area contributed by atoms with Crippen LogP contribution in [0.15, 0.2) is 79.1 Å². The molecular weight excluding hydrogens is 350 g/mol. The Hall–Kier alpha value is -3.73. The van der Waals surface area contributed by atoms with Gasteiger partial charge in [-0.1, -0.05) is 30.3 Å². The molecule has 2 heterocycles. The summed E-state index contributed by atoms with van der Waals surface area (Å²) in [5, 5.41) is 0. The van der Waals surface area contributed by atoms with Gasteiger partial charge in [0.25, 0.3) is 0 Å². The molecule has 0 aliphatic rings. The average molecular weight is 369 g/mol. The van der Waals surface area contributed by atoms with E-state index in [1.165, 1.54) is 7.11 Å². The van der Waals surface area contributed by atoms with Crippen LogP contribution in [0.2, 0.25) is 0 Å². The topological polar surface area (TPSA) is 57.0 Å². The van der Waals surface area contributed by atoms with Crippen molar-refractivity contribution in [1.82, 2.24) is 14.5 Å². The fourth-order valence-electron chi connectivity index (χ4n) is 3.29. The number of methoxy groups -OCH3 is 1. The van der Waals surface area contributed by atoms with Crippen molar-refractivity contribution < 1.29 is 9.53 Å². The highest BCUT2D eigenvalue weighted by atomic mass is 16.5. The number of carbonyl (C=O) groups excluding carboxylic acids is 1. The van der Waals surface area contributed by atoms with Crippen molar-refractivity contribution in [2.24, 2.45) is 0 Å². The lowest BCUT2D eigenvalue weighted by Crippen LogP contribution is -2.03. The van der Waals surface area contributed by atoms with Crippen LogP contribution in [0.5, 0.6) is 0 Å². The highest BCUT2D eigenvalue weighted by Crippen LogP contribution is 2.34. The number of aryl methyl sites for hydroxylation is 1. The van der Waals surface area contributed by atoms with Gasteiger partial charge in [0.05, 0.1) is 24.1 Å². The second kappa shape index (κ2) is 7.48. The third kappa shape index (κ3) is 3.18. The number of carbonyl (C=O) groups is 1. The zero-order valence-corrected chi connectivity index (χ0v) is 15.7. The Labute approximate surface area is 163 Å². The van der Waals surface area contributed by atoms with E-state index in [-0.39, 0.29) is 5.97 Å². The number of ether oxygens (including phenoxy) is 1. The largest absolute Gasteiger partial charge is 0.465 e. The summed E-state index contributed by atoms with van der Waals surface area (Å²) in [6.07, 6.45) is 3.55. The van der Waals surface area contributed by atoms with Crippen molar-refractivity contribution in [1.29, 1.82) is 0 Å². The van der Waals surface area contributed by atoms with Gasteiger partial charge < -0.3 is 4.74 Å². The SMILES string of the molecule is COC(=O)c1ccc(-n2c(C)nc(-c3ccccc3)c2-c2ccncc2)cc1. The summed E-state index contributed by atoms with van der Waals surface area (Å²) in [6, 6.07) is 21.4. The number of hydrogen-bond acceptors (Lipinski definition) is 4. The quantitative estimate of drug-likeness (QED) is 0.490. The minimum atomic E-state index is -0.353. The number of benzene rings is 2. The van der Waals surface area contributed by atoms with Crippen LogP contribution in [-0.2, 0) is 4.74 Å². The Kier molecular flexibility index (Phi) is 4.72. The van der Waals surface area contributed by atoms with Gasteiger partial charge in [-0.25, -0.2) is 9.78 Å². The Bertz CT molecular complexity index is 1100. The molecule has 4 rings (SSSR count). The molecule has 5 heteroatoms. The molecule has 2 aromatic carbocycles. The van der Waals surface area contributed by atoms with Gasteiger partial charge in [-0.3, -0.25) is 9.55 Å². The van der Waals surface area contributed by atoms with Crippen molar-refractivity contribution in [2.75, 3.05) is 7.11 Å². The fraction of sp³-hybridized carbons (Fsp3) is 0.0870. The van der Waals surface area contributed by atoms with E-state index in [0.717, 1.165) is 34.0 Å². The molecule has 0 aliphatic heterocycles. The first-order valence-electron chi connectivity index (χ1n) is 8.93. The Morgan fingerprint density at radius 1 is 0.893 bits per heavy atom. The van der Waals surface area contributed by atoms with Crippen molar-refractivity contribution in [3.63, 3.8) is 0 Å². The molecule has 2 aromatic heterocycles. The van der Waals surface area contributed by atoms with Gasteiger partial charge >= 0.3 is 5.97 Å². The maximum Gasteiger partial charge on any atom is 0.337 e. The normalized spacial score (nSPS) is 10.6. The molecule has 0 atom stereocenters. The molecule has 0 amide bonds. The molecule has 138 valence electrons. The third-order valence-corrected chi connectivity index (χ3v) is 4.59. The standard InChI is InChI=1S/C23H19N3O2/c1-16-25-21(17-6-4-3-5-7-17)22(18-12-14-24-15-13-18)26(16)20-10-8-19(9-11-20)23(27)28-2/h3-15H,1-2H3. The molecule has 0 fully saturated rings. The molecule has 0 N–H and O–H groups in total. The van der Waals surface area contributed by atoms with Crippen LogP contribution in [0.25, 0.3) is 28.2 Å². The van der Waals surface area contributed by atoms with E-state index in [1.807, 2.05) is 49.4 Å². The highest BCUT2D eigenvalue weighted by Gasteiger charge is 2.19. The van der Waals surface area contributed by atoms with Crippen molar-refractivity contribution in [3.8, 4) is 28.2 Å². The van der Waals surface area contributed by atoms with E-state index in [4.69, 9.17) is 9.72 Å². The Morgan fingerprint density at radius 2 is 1.57 bits per heavy atom. The van der Waals surface area contributed by atoms with E-state index < -0.39 is 0 Å². The summed E-state index contributed by atoms with van der Waals surface area (Å²) in [5.74, 6) is 0.504. The first-order chi connectivity index (χ1) is 13.7. The molecule has 4 aromatic rings. The molecule has 0 saturated heterocycles. The van der Waals surface area contributed by atoms with Gasteiger partial charge in [0.15, 0.2) is 0 Å². The maximum absolute atomic E-state index is 11.8. The van der Waals surface area contributed by atoms with E-state index in [9.17, 15) is 4.79 Å². The van der Waals surface area contributed by atoms with Crippen LogP contribution >= 0.6 is 0 Å². The zero-order chi connectivity index (χ0) is 19.5. The van der Waals surface area contributed by atoms with Gasteiger partial charge in [-0.15, -0.1) is 0 Å². The molecule has 0 radical (unpaired) electrons. The van der Waals surface area contributed by atoms with E-state index in [1.54, 1.807) is 24.5 Å². The third-order valence-electron chi connectivity index (χ3n) is 4.59. The van der Waals surface area contributed by atoms with Crippen molar-refractivity contribution in [3.05, 3.63) is 90.5 Å².